The molecule has 2 aromatic rings. The number of rotatable bonds is 9. The van der Waals surface area contributed by atoms with Gasteiger partial charge in [-0.15, -0.1) is 0 Å². The number of nitrogens with zero attached hydrogens (tertiary/aromatic N) is 5. The largest absolute Gasteiger partial charge is 0.444 e. The quantitative estimate of drug-likeness (QED) is 0.429. The molecule has 10 nitrogen and oxygen atoms in total. The lowest BCUT2D eigenvalue weighted by atomic mass is 10.1. The van der Waals surface area contributed by atoms with Crippen molar-refractivity contribution in [3.05, 3.63) is 23.8 Å². The molecule has 1 unspecified atom stereocenters. The summed E-state index contributed by atoms with van der Waals surface area (Å²) >= 11 is 0. The first-order valence-electron chi connectivity index (χ1n) is 14.9. The number of methoxy groups -OCH3 is 1. The van der Waals surface area contributed by atoms with E-state index >= 15 is 0 Å². The van der Waals surface area contributed by atoms with Crippen LogP contribution >= 0.6 is 0 Å². The van der Waals surface area contributed by atoms with Crippen LogP contribution in [0, 0.1) is 0 Å². The summed E-state index contributed by atoms with van der Waals surface area (Å²) in [6, 6.07) is 6.71. The number of hydrogen-bond donors (Lipinski definition) is 0. The Hall–Kier alpha value is -2.85. The van der Waals surface area contributed by atoms with Gasteiger partial charge in [0.25, 0.3) is 5.91 Å². The first-order valence-corrected chi connectivity index (χ1v) is 14.9. The highest BCUT2D eigenvalue weighted by Gasteiger charge is 2.39. The summed E-state index contributed by atoms with van der Waals surface area (Å²) < 4.78 is 18.8. The van der Waals surface area contributed by atoms with E-state index in [2.05, 4.69) is 27.8 Å². The summed E-state index contributed by atoms with van der Waals surface area (Å²) in [6.45, 7) is 10.5. The first kappa shape index (κ1) is 28.7. The van der Waals surface area contributed by atoms with E-state index in [9.17, 15) is 9.59 Å². The fourth-order valence-electron chi connectivity index (χ4n) is 5.61. The highest BCUT2D eigenvalue weighted by Crippen LogP contribution is 2.33. The highest BCUT2D eigenvalue weighted by molar-refractivity contribution is 5.91. The van der Waals surface area contributed by atoms with Gasteiger partial charge in [-0.05, 0) is 77.0 Å². The molecule has 5 rings (SSSR count). The zero-order valence-corrected chi connectivity index (χ0v) is 24.6. The van der Waals surface area contributed by atoms with Crippen LogP contribution in [0.2, 0.25) is 0 Å². The van der Waals surface area contributed by atoms with Crippen molar-refractivity contribution in [2.24, 2.45) is 0 Å². The molecule has 1 aromatic carbocycles. The van der Waals surface area contributed by atoms with E-state index in [1.807, 2.05) is 25.7 Å². The zero-order chi connectivity index (χ0) is 28.3. The van der Waals surface area contributed by atoms with Crippen LogP contribution in [0.5, 0.6) is 0 Å². The van der Waals surface area contributed by atoms with Crippen molar-refractivity contribution in [3.63, 3.8) is 0 Å². The fraction of sp³-hybridized carbons (Fsp3) is 0.700. The lowest BCUT2D eigenvalue weighted by molar-refractivity contribution is -0.150. The zero-order valence-electron chi connectivity index (χ0n) is 24.6. The normalized spacial score (nSPS) is 20.1. The molecule has 1 aliphatic carbocycles. The average molecular weight is 556 g/mol. The van der Waals surface area contributed by atoms with Crippen molar-refractivity contribution in [3.8, 4) is 0 Å². The molecule has 1 saturated carbocycles. The maximum absolute atomic E-state index is 13.7. The molecule has 3 heterocycles. The van der Waals surface area contributed by atoms with Crippen LogP contribution in [-0.2, 0) is 32.1 Å². The number of aromatic nitrogens is 2. The summed E-state index contributed by atoms with van der Waals surface area (Å²) in [4.78, 5) is 32.3. The SMILES string of the molecule is COCCCn1nc(N2CCCCC2)c2ccc(CN(C(=O)C3CN(C(=O)OC(C)(C)C)CCO3)C3CC3)cc21. The molecular formula is C30H45N5O5. The summed E-state index contributed by atoms with van der Waals surface area (Å²) in [7, 11) is 1.73. The molecule has 40 heavy (non-hydrogen) atoms. The van der Waals surface area contributed by atoms with Gasteiger partial charge in [0.1, 0.15) is 5.60 Å². The minimum atomic E-state index is -0.684. The van der Waals surface area contributed by atoms with Crippen LogP contribution in [0.25, 0.3) is 10.9 Å². The van der Waals surface area contributed by atoms with Crippen molar-refractivity contribution in [2.75, 3.05) is 51.4 Å². The van der Waals surface area contributed by atoms with E-state index in [0.717, 1.165) is 61.2 Å². The Labute approximate surface area is 237 Å². The molecule has 1 atom stereocenters. The Morgan fingerprint density at radius 3 is 2.60 bits per heavy atom. The van der Waals surface area contributed by atoms with Gasteiger partial charge in [0.05, 0.1) is 18.7 Å². The number of ether oxygens (including phenoxy) is 3. The maximum atomic E-state index is 13.7. The molecule has 220 valence electrons. The second-order valence-corrected chi connectivity index (χ2v) is 12.3. The molecule has 0 N–H and O–H groups in total. The number of fused-ring (bicyclic) bond motifs is 1. The third-order valence-electron chi connectivity index (χ3n) is 7.79. The van der Waals surface area contributed by atoms with E-state index in [4.69, 9.17) is 19.3 Å². The summed E-state index contributed by atoms with van der Waals surface area (Å²) in [5.74, 6) is 1.00. The van der Waals surface area contributed by atoms with Gasteiger partial charge in [0.2, 0.25) is 0 Å². The predicted molar refractivity (Wildman–Crippen MR) is 153 cm³/mol. The van der Waals surface area contributed by atoms with Gasteiger partial charge in [-0.3, -0.25) is 9.48 Å². The van der Waals surface area contributed by atoms with Crippen molar-refractivity contribution in [2.45, 2.75) is 90.1 Å². The number of morpholine rings is 1. The molecule has 0 spiro atoms. The number of piperidine rings is 1. The van der Waals surface area contributed by atoms with E-state index in [0.29, 0.717) is 26.3 Å². The second-order valence-electron chi connectivity index (χ2n) is 12.3. The van der Waals surface area contributed by atoms with Gasteiger partial charge >= 0.3 is 6.09 Å². The maximum Gasteiger partial charge on any atom is 0.410 e. The minimum absolute atomic E-state index is 0.0570. The molecular weight excluding hydrogens is 510 g/mol. The van der Waals surface area contributed by atoms with E-state index in [1.165, 1.54) is 19.3 Å². The van der Waals surface area contributed by atoms with Crippen LogP contribution in [0.4, 0.5) is 10.6 Å². The van der Waals surface area contributed by atoms with Gasteiger partial charge in [-0.1, -0.05) is 6.07 Å². The lowest BCUT2D eigenvalue weighted by Gasteiger charge is -2.36. The Balaban J connectivity index is 1.34. The summed E-state index contributed by atoms with van der Waals surface area (Å²) in [5.41, 5.74) is 1.59. The number of benzene rings is 1. The van der Waals surface area contributed by atoms with Gasteiger partial charge in [-0.2, -0.15) is 5.10 Å². The van der Waals surface area contributed by atoms with Crippen molar-refractivity contribution < 1.29 is 23.8 Å². The molecule has 1 aromatic heterocycles. The van der Waals surface area contributed by atoms with Crippen molar-refractivity contribution in [1.82, 2.24) is 19.6 Å². The standard InChI is InChI=1S/C30H45N5O5/c1-30(2,3)40-29(37)33-16-18-39-26(21-33)28(36)34(23-10-11-23)20-22-9-12-24-25(19-22)35(15-8-17-38-4)31-27(24)32-13-6-5-7-14-32/h9,12,19,23,26H,5-8,10-11,13-18,20-21H2,1-4H3. The minimum Gasteiger partial charge on any atom is -0.444 e. The Bertz CT molecular complexity index is 1180. The van der Waals surface area contributed by atoms with Crippen LogP contribution in [0.15, 0.2) is 18.2 Å². The summed E-state index contributed by atoms with van der Waals surface area (Å²) in [5, 5.41) is 6.21. The topological polar surface area (TPSA) is 89.4 Å². The molecule has 3 aliphatic rings. The Morgan fingerprint density at radius 1 is 1.12 bits per heavy atom. The number of carbonyl (C=O) groups is 2. The summed E-state index contributed by atoms with van der Waals surface area (Å²) in [6.07, 6.45) is 5.45. The number of carbonyl (C=O) groups excluding carboxylic acids is 2. The van der Waals surface area contributed by atoms with Gasteiger partial charge < -0.3 is 28.9 Å². The first-order chi connectivity index (χ1) is 19.2. The third kappa shape index (κ3) is 6.89. The monoisotopic (exact) mass is 555 g/mol. The van der Waals surface area contributed by atoms with Gasteiger partial charge in [0, 0.05) is 57.9 Å². The highest BCUT2D eigenvalue weighted by atomic mass is 16.6. The molecule has 0 bridgehead atoms. The van der Waals surface area contributed by atoms with E-state index in [1.54, 1.807) is 12.0 Å². The van der Waals surface area contributed by atoms with Crippen molar-refractivity contribution in [1.29, 1.82) is 0 Å². The Kier molecular flexibility index (Phi) is 8.85. The molecule has 10 heteroatoms. The third-order valence-corrected chi connectivity index (χ3v) is 7.79. The number of amides is 2. The average Bonchev–Trinajstić information content (AvgIpc) is 3.72. The molecule has 2 amide bonds. The van der Waals surface area contributed by atoms with Gasteiger partial charge in [0.15, 0.2) is 11.9 Å². The number of hydrogen-bond acceptors (Lipinski definition) is 7. The van der Waals surface area contributed by atoms with E-state index < -0.39 is 17.8 Å². The fourth-order valence-corrected chi connectivity index (χ4v) is 5.61. The van der Waals surface area contributed by atoms with E-state index in [-0.39, 0.29) is 18.5 Å². The van der Waals surface area contributed by atoms with Gasteiger partial charge in [-0.25, -0.2) is 4.79 Å². The molecule has 0 radical (unpaired) electrons. The lowest BCUT2D eigenvalue weighted by Crippen LogP contribution is -2.53. The van der Waals surface area contributed by atoms with Crippen LogP contribution in [-0.4, -0.2) is 95.8 Å². The predicted octanol–water partition coefficient (Wildman–Crippen LogP) is 4.19. The smallest absolute Gasteiger partial charge is 0.410 e. The van der Waals surface area contributed by atoms with Crippen LogP contribution < -0.4 is 4.90 Å². The number of aryl methyl sites for hydroxylation is 1. The molecule has 2 saturated heterocycles. The molecule has 2 aliphatic heterocycles. The van der Waals surface area contributed by atoms with Crippen LogP contribution in [0.3, 0.4) is 0 Å². The number of anilines is 1. The second kappa shape index (κ2) is 12.3. The van der Waals surface area contributed by atoms with Crippen molar-refractivity contribution >= 4 is 28.7 Å². The Morgan fingerprint density at radius 2 is 1.90 bits per heavy atom. The molecule has 3 fully saturated rings. The van der Waals surface area contributed by atoms with Crippen LogP contribution in [0.1, 0.15) is 64.9 Å².